The average molecular weight is 394 g/mol. The van der Waals surface area contributed by atoms with E-state index in [9.17, 15) is 14.4 Å². The van der Waals surface area contributed by atoms with E-state index in [1.165, 1.54) is 25.1 Å². The number of H-pyrrole nitrogens is 2. The molecule has 1 amide bonds. The average Bonchev–Trinajstić information content (AvgIpc) is 2.96. The van der Waals surface area contributed by atoms with Crippen molar-refractivity contribution in [3.8, 4) is 0 Å². The Bertz CT molecular complexity index is 1060. The standard InChI is InChI=1S/C17H13Cl2N3O4/c1-8(26-16(24)9-2-4-11(18)12(19)6-9)15(23)20-10-3-5-13-14(7-10)22-17(25)21-13/h2-8H,1H3,(H,20,23)(H2,21,22,25)/t8-/m0/s1. The van der Waals surface area contributed by atoms with Gasteiger partial charge in [0.15, 0.2) is 6.10 Å². The number of hydrogen-bond acceptors (Lipinski definition) is 4. The molecule has 9 heteroatoms. The molecule has 1 aromatic heterocycles. The molecule has 0 fully saturated rings. The zero-order valence-electron chi connectivity index (χ0n) is 13.4. The molecule has 0 radical (unpaired) electrons. The van der Waals surface area contributed by atoms with Gasteiger partial charge in [-0.25, -0.2) is 9.59 Å². The SMILES string of the molecule is C[C@H](OC(=O)c1ccc(Cl)c(Cl)c1)C(=O)Nc1ccc2[nH]c(=O)[nH]c2c1. The predicted molar refractivity (Wildman–Crippen MR) is 98.9 cm³/mol. The second-order valence-electron chi connectivity index (χ2n) is 5.51. The second-order valence-corrected chi connectivity index (χ2v) is 6.32. The molecule has 0 saturated carbocycles. The molecule has 0 aliphatic carbocycles. The number of aromatic amines is 2. The fourth-order valence-electron chi connectivity index (χ4n) is 2.26. The number of benzene rings is 2. The monoisotopic (exact) mass is 393 g/mol. The van der Waals surface area contributed by atoms with E-state index in [0.29, 0.717) is 21.7 Å². The number of anilines is 1. The van der Waals surface area contributed by atoms with Gasteiger partial charge in [-0.2, -0.15) is 0 Å². The molecule has 3 rings (SSSR count). The lowest BCUT2D eigenvalue weighted by Gasteiger charge is -2.14. The predicted octanol–water partition coefficient (Wildman–Crippen LogP) is 3.35. The Morgan fingerprint density at radius 1 is 1.04 bits per heavy atom. The molecule has 0 bridgehead atoms. The van der Waals surface area contributed by atoms with Crippen molar-refractivity contribution in [1.82, 2.24) is 9.97 Å². The van der Waals surface area contributed by atoms with Crippen LogP contribution < -0.4 is 11.0 Å². The van der Waals surface area contributed by atoms with Crippen molar-refractivity contribution in [1.29, 1.82) is 0 Å². The van der Waals surface area contributed by atoms with Crippen LogP contribution in [0.1, 0.15) is 17.3 Å². The van der Waals surface area contributed by atoms with Crippen LogP contribution in [0.15, 0.2) is 41.2 Å². The molecule has 7 nitrogen and oxygen atoms in total. The second kappa shape index (κ2) is 7.23. The van der Waals surface area contributed by atoms with Crippen LogP contribution in [-0.4, -0.2) is 27.9 Å². The zero-order valence-corrected chi connectivity index (χ0v) is 14.9. The van der Waals surface area contributed by atoms with Crippen molar-refractivity contribution < 1.29 is 14.3 Å². The minimum atomic E-state index is -1.04. The lowest BCUT2D eigenvalue weighted by Crippen LogP contribution is -2.30. The summed E-state index contributed by atoms with van der Waals surface area (Å²) in [7, 11) is 0. The molecule has 0 unspecified atom stereocenters. The van der Waals surface area contributed by atoms with Crippen molar-refractivity contribution >= 4 is 51.8 Å². The van der Waals surface area contributed by atoms with Crippen LogP contribution in [0.3, 0.4) is 0 Å². The molecule has 3 N–H and O–H groups in total. The normalized spacial score (nSPS) is 12.0. The summed E-state index contributed by atoms with van der Waals surface area (Å²) in [5, 5.41) is 3.15. The third kappa shape index (κ3) is 3.89. The highest BCUT2D eigenvalue weighted by Crippen LogP contribution is 2.23. The van der Waals surface area contributed by atoms with Crippen LogP contribution in [0, 0.1) is 0 Å². The Kier molecular flexibility index (Phi) is 5.01. The largest absolute Gasteiger partial charge is 0.449 e. The third-order valence-corrected chi connectivity index (χ3v) is 4.33. The topological polar surface area (TPSA) is 104 Å². The maximum atomic E-state index is 12.2. The van der Waals surface area contributed by atoms with Gasteiger partial charge < -0.3 is 20.0 Å². The third-order valence-electron chi connectivity index (χ3n) is 3.59. The van der Waals surface area contributed by atoms with Gasteiger partial charge in [0.05, 0.1) is 26.6 Å². The number of carbonyl (C=O) groups is 2. The number of halogens is 2. The first-order valence-electron chi connectivity index (χ1n) is 7.52. The van der Waals surface area contributed by atoms with Gasteiger partial charge in [-0.1, -0.05) is 23.2 Å². The number of carbonyl (C=O) groups excluding carboxylic acids is 2. The van der Waals surface area contributed by atoms with Crippen molar-refractivity contribution in [2.24, 2.45) is 0 Å². The lowest BCUT2D eigenvalue weighted by molar-refractivity contribution is -0.123. The van der Waals surface area contributed by atoms with E-state index in [1.807, 2.05) is 0 Å². The number of rotatable bonds is 4. The van der Waals surface area contributed by atoms with E-state index in [-0.39, 0.29) is 16.3 Å². The maximum absolute atomic E-state index is 12.2. The van der Waals surface area contributed by atoms with Gasteiger partial charge in [-0.3, -0.25) is 4.79 Å². The van der Waals surface area contributed by atoms with Crippen molar-refractivity contribution in [3.05, 3.63) is 62.5 Å². The summed E-state index contributed by atoms with van der Waals surface area (Å²) >= 11 is 11.7. The van der Waals surface area contributed by atoms with Crippen LogP contribution in [-0.2, 0) is 9.53 Å². The summed E-state index contributed by atoms with van der Waals surface area (Å²) in [6.07, 6.45) is -1.04. The molecule has 0 aliphatic rings. The molecule has 0 saturated heterocycles. The summed E-state index contributed by atoms with van der Waals surface area (Å²) in [6, 6.07) is 9.16. The van der Waals surface area contributed by atoms with Gasteiger partial charge in [0.25, 0.3) is 5.91 Å². The maximum Gasteiger partial charge on any atom is 0.338 e. The summed E-state index contributed by atoms with van der Waals surface area (Å²) in [4.78, 5) is 40.8. The van der Waals surface area contributed by atoms with E-state index in [4.69, 9.17) is 27.9 Å². The molecule has 0 aliphatic heterocycles. The smallest absolute Gasteiger partial charge is 0.338 e. The Balaban J connectivity index is 1.67. The summed E-state index contributed by atoms with van der Waals surface area (Å²) in [6.45, 7) is 1.45. The van der Waals surface area contributed by atoms with E-state index in [1.54, 1.807) is 18.2 Å². The fraction of sp³-hybridized carbons (Fsp3) is 0.118. The molecule has 1 atom stereocenters. The Hall–Kier alpha value is -2.77. The number of ether oxygens (including phenoxy) is 1. The van der Waals surface area contributed by atoms with Crippen molar-refractivity contribution in [2.45, 2.75) is 13.0 Å². The van der Waals surface area contributed by atoms with E-state index >= 15 is 0 Å². The van der Waals surface area contributed by atoms with Crippen LogP contribution >= 0.6 is 23.2 Å². The highest BCUT2D eigenvalue weighted by Gasteiger charge is 2.20. The molecule has 2 aromatic carbocycles. The van der Waals surface area contributed by atoms with Crippen LogP contribution in [0.5, 0.6) is 0 Å². The van der Waals surface area contributed by atoms with Crippen LogP contribution in [0.2, 0.25) is 10.0 Å². The molecule has 1 heterocycles. The highest BCUT2D eigenvalue weighted by molar-refractivity contribution is 6.42. The fourth-order valence-corrected chi connectivity index (χ4v) is 2.56. The van der Waals surface area contributed by atoms with Crippen LogP contribution in [0.25, 0.3) is 11.0 Å². The minimum absolute atomic E-state index is 0.186. The number of aromatic nitrogens is 2. The van der Waals surface area contributed by atoms with Gasteiger partial charge in [-0.15, -0.1) is 0 Å². The highest BCUT2D eigenvalue weighted by atomic mass is 35.5. The van der Waals surface area contributed by atoms with E-state index in [0.717, 1.165) is 0 Å². The molecule has 0 spiro atoms. The zero-order chi connectivity index (χ0) is 18.8. The number of amides is 1. The van der Waals surface area contributed by atoms with E-state index < -0.39 is 18.0 Å². The molecule has 134 valence electrons. The first-order valence-corrected chi connectivity index (χ1v) is 8.28. The van der Waals surface area contributed by atoms with Gasteiger partial charge in [0.2, 0.25) is 0 Å². The molecular weight excluding hydrogens is 381 g/mol. The number of hydrogen-bond donors (Lipinski definition) is 3. The number of imidazole rings is 1. The summed E-state index contributed by atoms with van der Waals surface area (Å²) < 4.78 is 5.14. The lowest BCUT2D eigenvalue weighted by atomic mass is 10.2. The van der Waals surface area contributed by atoms with Crippen molar-refractivity contribution in [3.63, 3.8) is 0 Å². The van der Waals surface area contributed by atoms with Crippen molar-refractivity contribution in [2.75, 3.05) is 5.32 Å². The Labute approximate surface area is 157 Å². The van der Waals surface area contributed by atoms with E-state index in [2.05, 4.69) is 15.3 Å². The minimum Gasteiger partial charge on any atom is -0.449 e. The van der Waals surface area contributed by atoms with Gasteiger partial charge in [0.1, 0.15) is 0 Å². The summed E-state index contributed by atoms with van der Waals surface area (Å²) in [5.74, 6) is -1.22. The van der Waals surface area contributed by atoms with Crippen LogP contribution in [0.4, 0.5) is 5.69 Å². The Morgan fingerprint density at radius 3 is 2.50 bits per heavy atom. The quantitative estimate of drug-likeness (QED) is 0.591. The molecule has 26 heavy (non-hydrogen) atoms. The van der Waals surface area contributed by atoms with Gasteiger partial charge in [0, 0.05) is 5.69 Å². The molecule has 3 aromatic rings. The molecular formula is C17H13Cl2N3O4. The Morgan fingerprint density at radius 2 is 1.77 bits per heavy atom. The number of fused-ring (bicyclic) bond motifs is 1. The van der Waals surface area contributed by atoms with Gasteiger partial charge >= 0.3 is 11.7 Å². The number of esters is 1. The first kappa shape index (κ1) is 18.0. The number of nitrogens with one attached hydrogen (secondary N) is 3. The first-order chi connectivity index (χ1) is 12.3. The van der Waals surface area contributed by atoms with Gasteiger partial charge in [-0.05, 0) is 43.3 Å². The summed E-state index contributed by atoms with van der Waals surface area (Å²) in [5.41, 5.74) is 1.47.